The van der Waals surface area contributed by atoms with Crippen molar-refractivity contribution >= 4 is 33.5 Å². The summed E-state index contributed by atoms with van der Waals surface area (Å²) in [6.07, 6.45) is 8.89. The minimum absolute atomic E-state index is 0.0611. The van der Waals surface area contributed by atoms with E-state index in [0.29, 0.717) is 0 Å². The van der Waals surface area contributed by atoms with Crippen LogP contribution in [0.25, 0.3) is 21.5 Å². The number of hydrogen-bond donors (Lipinski definition) is 0. The Morgan fingerprint density at radius 2 is 0.917 bits per heavy atom. The minimum Gasteiger partial charge on any atom is -0.492 e. The van der Waals surface area contributed by atoms with Crippen LogP contribution in [-0.4, -0.2) is 37.4 Å². The van der Waals surface area contributed by atoms with Gasteiger partial charge in [-0.3, -0.25) is 9.59 Å². The molecule has 0 heterocycles. The molecule has 0 aliphatic heterocycles. The average Bonchev–Trinajstić information content (AvgIpc) is 3.59. The molecule has 0 saturated heterocycles. The maximum Gasteiger partial charge on any atom is 0.309 e. The van der Waals surface area contributed by atoms with E-state index in [2.05, 4.69) is 0 Å². The van der Waals surface area contributed by atoms with Crippen molar-refractivity contribution in [2.45, 2.75) is 76.4 Å². The molecule has 2 aliphatic carbocycles. The molecule has 0 atom stereocenters. The summed E-state index contributed by atoms with van der Waals surface area (Å²) in [7, 11) is 0. The second-order valence-electron chi connectivity index (χ2n) is 9.74. The van der Waals surface area contributed by atoms with Crippen LogP contribution in [0.2, 0.25) is 0 Å². The van der Waals surface area contributed by atoms with Crippen LogP contribution in [0, 0.1) is 0 Å². The Labute approximate surface area is 211 Å². The Morgan fingerprint density at radius 1 is 0.583 bits per heavy atom. The third-order valence-corrected chi connectivity index (χ3v) is 7.14. The fraction of sp³-hybridized carbons (Fsp3) is 0.467. The second-order valence-corrected chi connectivity index (χ2v) is 9.74. The molecule has 2 fully saturated rings. The molecule has 6 nitrogen and oxygen atoms in total. The highest BCUT2D eigenvalue weighted by Crippen LogP contribution is 2.42. The number of ether oxygens (including phenoxy) is 4. The van der Waals surface area contributed by atoms with Crippen LogP contribution in [-0.2, 0) is 19.1 Å². The van der Waals surface area contributed by atoms with E-state index in [0.717, 1.165) is 84.4 Å². The van der Waals surface area contributed by atoms with Gasteiger partial charge in [0.2, 0.25) is 0 Å². The highest BCUT2D eigenvalue weighted by atomic mass is 16.6. The topological polar surface area (TPSA) is 71.1 Å². The van der Waals surface area contributed by atoms with Crippen molar-refractivity contribution in [3.63, 3.8) is 0 Å². The van der Waals surface area contributed by atoms with Crippen LogP contribution in [0.1, 0.15) is 64.2 Å². The van der Waals surface area contributed by atoms with E-state index < -0.39 is 0 Å². The summed E-state index contributed by atoms with van der Waals surface area (Å²) >= 11 is 0. The monoisotopic (exact) mass is 490 g/mol. The molecule has 3 aromatic carbocycles. The predicted octanol–water partition coefficient (Wildman–Crippen LogP) is 6.50. The molecule has 2 aliphatic rings. The Morgan fingerprint density at radius 3 is 1.25 bits per heavy atom. The summed E-state index contributed by atoms with van der Waals surface area (Å²) in [6.45, 7) is 0.486. The Balaban J connectivity index is 1.30. The molecule has 0 aromatic heterocycles. The first-order valence-electron chi connectivity index (χ1n) is 13.3. The standard InChI is InChI=1S/C30H34O6/c31-27(35-21-9-1-2-10-21)17-19-33-29-23-13-5-7-15-25(23)30(26-16-8-6-14-24(26)29)34-20-18-28(32)36-22-11-3-4-12-22/h5-8,13-16,21-22H,1-4,9-12,17-20H2. The van der Waals surface area contributed by atoms with E-state index in [1.807, 2.05) is 48.5 Å². The second kappa shape index (κ2) is 11.6. The van der Waals surface area contributed by atoms with E-state index in [9.17, 15) is 9.59 Å². The van der Waals surface area contributed by atoms with Crippen molar-refractivity contribution in [1.82, 2.24) is 0 Å². The summed E-state index contributed by atoms with van der Waals surface area (Å²) in [5, 5.41) is 3.63. The zero-order chi connectivity index (χ0) is 24.7. The first kappa shape index (κ1) is 24.4. The lowest BCUT2D eigenvalue weighted by Crippen LogP contribution is -2.17. The molecule has 5 rings (SSSR count). The summed E-state index contributed by atoms with van der Waals surface area (Å²) in [5.41, 5.74) is 0. The number of esters is 2. The molecule has 36 heavy (non-hydrogen) atoms. The van der Waals surface area contributed by atoms with Gasteiger partial charge in [-0.1, -0.05) is 48.5 Å². The molecule has 0 radical (unpaired) electrons. The summed E-state index contributed by atoms with van der Waals surface area (Å²) in [5.74, 6) is 1.03. The van der Waals surface area contributed by atoms with Gasteiger partial charge in [0.15, 0.2) is 0 Å². The fourth-order valence-electron chi connectivity index (χ4n) is 5.33. The van der Waals surface area contributed by atoms with Gasteiger partial charge in [-0.05, 0) is 51.4 Å². The molecule has 0 unspecified atom stereocenters. The average molecular weight is 491 g/mol. The van der Waals surface area contributed by atoms with Crippen LogP contribution < -0.4 is 9.47 Å². The van der Waals surface area contributed by atoms with Crippen molar-refractivity contribution in [2.75, 3.05) is 13.2 Å². The van der Waals surface area contributed by atoms with Crippen molar-refractivity contribution in [1.29, 1.82) is 0 Å². The molecular weight excluding hydrogens is 456 g/mol. The van der Waals surface area contributed by atoms with Crippen LogP contribution in [0.5, 0.6) is 11.5 Å². The number of fused-ring (bicyclic) bond motifs is 2. The normalized spacial score (nSPS) is 16.4. The van der Waals surface area contributed by atoms with Crippen LogP contribution in [0.3, 0.4) is 0 Å². The van der Waals surface area contributed by atoms with E-state index >= 15 is 0 Å². The van der Waals surface area contributed by atoms with Gasteiger partial charge in [-0.15, -0.1) is 0 Å². The zero-order valence-corrected chi connectivity index (χ0v) is 20.7. The smallest absolute Gasteiger partial charge is 0.309 e. The van der Waals surface area contributed by atoms with E-state index in [4.69, 9.17) is 18.9 Å². The number of benzene rings is 3. The summed E-state index contributed by atoms with van der Waals surface area (Å²) < 4.78 is 23.6. The summed E-state index contributed by atoms with van der Waals surface area (Å²) in [4.78, 5) is 24.6. The Bertz CT molecular complexity index is 1060. The third-order valence-electron chi connectivity index (χ3n) is 7.14. The molecule has 0 bridgehead atoms. The Hall–Kier alpha value is -3.28. The van der Waals surface area contributed by atoms with Gasteiger partial charge >= 0.3 is 11.9 Å². The zero-order valence-electron chi connectivity index (χ0n) is 20.7. The quantitative estimate of drug-likeness (QED) is 0.239. The summed E-state index contributed by atoms with van der Waals surface area (Å²) in [6, 6.07) is 15.8. The Kier molecular flexibility index (Phi) is 7.89. The van der Waals surface area contributed by atoms with Gasteiger partial charge in [-0.2, -0.15) is 0 Å². The van der Waals surface area contributed by atoms with E-state index in [-0.39, 0.29) is 50.2 Å². The van der Waals surface area contributed by atoms with Crippen molar-refractivity contribution in [3.8, 4) is 11.5 Å². The van der Waals surface area contributed by atoms with Crippen LogP contribution >= 0.6 is 0 Å². The minimum atomic E-state index is -0.208. The predicted molar refractivity (Wildman–Crippen MR) is 138 cm³/mol. The third kappa shape index (κ3) is 5.75. The molecule has 2 saturated carbocycles. The van der Waals surface area contributed by atoms with Gasteiger partial charge in [0, 0.05) is 21.5 Å². The molecule has 190 valence electrons. The molecule has 0 amide bonds. The van der Waals surface area contributed by atoms with Crippen molar-refractivity contribution in [3.05, 3.63) is 48.5 Å². The lowest BCUT2D eigenvalue weighted by atomic mass is 10.0. The van der Waals surface area contributed by atoms with Gasteiger partial charge in [-0.25, -0.2) is 0 Å². The number of hydrogen-bond acceptors (Lipinski definition) is 6. The SMILES string of the molecule is O=C(CCOc1c2ccccc2c(OCCC(=O)OC2CCCC2)c2ccccc12)OC1CCCC1. The van der Waals surface area contributed by atoms with Gasteiger partial charge in [0.05, 0.1) is 26.1 Å². The van der Waals surface area contributed by atoms with Crippen LogP contribution in [0.4, 0.5) is 0 Å². The molecule has 0 N–H and O–H groups in total. The lowest BCUT2D eigenvalue weighted by Gasteiger charge is -2.18. The number of carbonyl (C=O) groups is 2. The molecular formula is C30H34O6. The maximum absolute atomic E-state index is 12.3. The molecule has 3 aromatic rings. The largest absolute Gasteiger partial charge is 0.492 e. The first-order chi connectivity index (χ1) is 17.7. The molecule has 0 spiro atoms. The van der Waals surface area contributed by atoms with Crippen molar-refractivity contribution < 1.29 is 28.5 Å². The first-order valence-corrected chi connectivity index (χ1v) is 13.3. The van der Waals surface area contributed by atoms with E-state index in [1.165, 1.54) is 0 Å². The lowest BCUT2D eigenvalue weighted by molar-refractivity contribution is -0.150. The van der Waals surface area contributed by atoms with Crippen molar-refractivity contribution in [2.24, 2.45) is 0 Å². The highest BCUT2D eigenvalue weighted by molar-refractivity contribution is 6.11. The molecule has 6 heteroatoms. The van der Waals surface area contributed by atoms with Gasteiger partial charge < -0.3 is 18.9 Å². The number of carbonyl (C=O) groups excluding carboxylic acids is 2. The number of rotatable bonds is 10. The van der Waals surface area contributed by atoms with Gasteiger partial charge in [0.1, 0.15) is 23.7 Å². The van der Waals surface area contributed by atoms with Gasteiger partial charge in [0.25, 0.3) is 0 Å². The van der Waals surface area contributed by atoms with Crippen LogP contribution in [0.15, 0.2) is 48.5 Å². The van der Waals surface area contributed by atoms with E-state index in [1.54, 1.807) is 0 Å². The fourth-order valence-corrected chi connectivity index (χ4v) is 5.33. The highest BCUT2D eigenvalue weighted by Gasteiger charge is 2.21. The maximum atomic E-state index is 12.3.